The standard InChI is InChI=1S/C27H30O2/c1-25-14-22-15-26(17-25,19-27(16-22,18-25)23-10-6-3-7-11-23)20-29-24(28)13-12-21-8-4-2-5-9-21/h2-13,22H,14-20H2,1H3/b13-12+/t22-,25-,26-,27-/m1/s1. The molecule has 150 valence electrons. The molecule has 4 aliphatic rings. The van der Waals surface area contributed by atoms with Crippen molar-refractivity contribution in [3.63, 3.8) is 0 Å². The van der Waals surface area contributed by atoms with Crippen molar-refractivity contribution in [1.82, 2.24) is 0 Å². The van der Waals surface area contributed by atoms with Crippen molar-refractivity contribution in [3.8, 4) is 0 Å². The number of rotatable bonds is 5. The van der Waals surface area contributed by atoms with Crippen LogP contribution in [-0.4, -0.2) is 12.6 Å². The number of carbonyl (C=O) groups is 1. The summed E-state index contributed by atoms with van der Waals surface area (Å²) in [5.41, 5.74) is 3.30. The van der Waals surface area contributed by atoms with Crippen molar-refractivity contribution in [2.24, 2.45) is 16.7 Å². The molecule has 0 spiro atoms. The molecule has 2 aromatic carbocycles. The lowest BCUT2D eigenvalue weighted by Gasteiger charge is -2.66. The molecule has 6 rings (SSSR count). The van der Waals surface area contributed by atoms with Crippen LogP contribution in [0.15, 0.2) is 66.7 Å². The molecule has 0 radical (unpaired) electrons. The minimum Gasteiger partial charge on any atom is -0.462 e. The summed E-state index contributed by atoms with van der Waals surface area (Å²) in [7, 11) is 0. The van der Waals surface area contributed by atoms with Crippen molar-refractivity contribution in [1.29, 1.82) is 0 Å². The van der Waals surface area contributed by atoms with Gasteiger partial charge in [-0.3, -0.25) is 0 Å². The van der Waals surface area contributed by atoms with Gasteiger partial charge in [-0.1, -0.05) is 67.6 Å². The van der Waals surface area contributed by atoms with E-state index in [9.17, 15) is 4.79 Å². The third kappa shape index (κ3) is 3.54. The largest absolute Gasteiger partial charge is 0.462 e. The van der Waals surface area contributed by atoms with E-state index in [2.05, 4.69) is 37.3 Å². The van der Waals surface area contributed by atoms with Gasteiger partial charge in [0.05, 0.1) is 6.61 Å². The van der Waals surface area contributed by atoms with Crippen LogP contribution in [-0.2, 0) is 14.9 Å². The lowest BCUT2D eigenvalue weighted by atomic mass is 9.39. The topological polar surface area (TPSA) is 26.3 Å². The average Bonchev–Trinajstić information content (AvgIpc) is 2.70. The highest BCUT2D eigenvalue weighted by molar-refractivity contribution is 5.87. The maximum absolute atomic E-state index is 12.4. The van der Waals surface area contributed by atoms with Crippen LogP contribution in [0.2, 0.25) is 0 Å². The highest BCUT2D eigenvalue weighted by Gasteiger charge is 2.62. The number of benzene rings is 2. The van der Waals surface area contributed by atoms with E-state index in [0.29, 0.717) is 12.0 Å². The Morgan fingerprint density at radius 3 is 2.41 bits per heavy atom. The second-order valence-corrected chi connectivity index (χ2v) is 10.3. The van der Waals surface area contributed by atoms with Crippen LogP contribution in [0.5, 0.6) is 0 Å². The second kappa shape index (κ2) is 6.86. The number of carbonyl (C=O) groups excluding carboxylic acids is 1. The molecule has 4 saturated carbocycles. The molecule has 0 aromatic heterocycles. The van der Waals surface area contributed by atoms with E-state index >= 15 is 0 Å². The quantitative estimate of drug-likeness (QED) is 0.454. The number of hydrogen-bond donors (Lipinski definition) is 0. The molecule has 4 aliphatic carbocycles. The highest BCUT2D eigenvalue weighted by Crippen LogP contribution is 2.70. The summed E-state index contributed by atoms with van der Waals surface area (Å²) >= 11 is 0. The molecule has 2 aromatic rings. The third-order valence-electron chi connectivity index (χ3n) is 7.58. The predicted octanol–water partition coefficient (Wildman–Crippen LogP) is 6.17. The van der Waals surface area contributed by atoms with Crippen molar-refractivity contribution >= 4 is 12.0 Å². The first-order valence-electron chi connectivity index (χ1n) is 10.9. The van der Waals surface area contributed by atoms with Crippen LogP contribution in [0.4, 0.5) is 0 Å². The monoisotopic (exact) mass is 386 g/mol. The molecule has 0 amide bonds. The van der Waals surface area contributed by atoms with Gasteiger partial charge in [-0.15, -0.1) is 0 Å². The maximum Gasteiger partial charge on any atom is 0.330 e. The van der Waals surface area contributed by atoms with E-state index in [1.807, 2.05) is 36.4 Å². The van der Waals surface area contributed by atoms with E-state index in [0.717, 1.165) is 17.9 Å². The lowest BCUT2D eigenvalue weighted by molar-refractivity contribution is -0.163. The second-order valence-electron chi connectivity index (χ2n) is 10.3. The molecule has 0 heterocycles. The van der Waals surface area contributed by atoms with Gasteiger partial charge >= 0.3 is 5.97 Å². The molecule has 4 bridgehead atoms. The zero-order valence-electron chi connectivity index (χ0n) is 17.3. The summed E-state index contributed by atoms with van der Waals surface area (Å²) in [4.78, 5) is 12.4. The molecule has 0 aliphatic heterocycles. The van der Waals surface area contributed by atoms with Crippen molar-refractivity contribution < 1.29 is 9.53 Å². The molecule has 29 heavy (non-hydrogen) atoms. The maximum atomic E-state index is 12.4. The van der Waals surface area contributed by atoms with E-state index in [-0.39, 0.29) is 16.8 Å². The van der Waals surface area contributed by atoms with Crippen LogP contribution in [0.25, 0.3) is 6.08 Å². The summed E-state index contributed by atoms with van der Waals surface area (Å²) in [5.74, 6) is 0.540. The molecule has 2 heteroatoms. The van der Waals surface area contributed by atoms with Crippen LogP contribution >= 0.6 is 0 Å². The molecular weight excluding hydrogens is 356 g/mol. The van der Waals surface area contributed by atoms with Crippen LogP contribution < -0.4 is 0 Å². The predicted molar refractivity (Wildman–Crippen MR) is 116 cm³/mol. The number of esters is 1. The molecule has 0 N–H and O–H groups in total. The molecule has 4 atom stereocenters. The fraction of sp³-hybridized carbons (Fsp3) is 0.444. The zero-order valence-corrected chi connectivity index (χ0v) is 17.3. The van der Waals surface area contributed by atoms with E-state index in [4.69, 9.17) is 4.74 Å². The van der Waals surface area contributed by atoms with Crippen molar-refractivity contribution in [3.05, 3.63) is 77.9 Å². The Morgan fingerprint density at radius 2 is 1.69 bits per heavy atom. The van der Waals surface area contributed by atoms with Gasteiger partial charge in [-0.2, -0.15) is 0 Å². The van der Waals surface area contributed by atoms with Gasteiger partial charge < -0.3 is 4.74 Å². The summed E-state index contributed by atoms with van der Waals surface area (Å²) in [5, 5.41) is 0. The van der Waals surface area contributed by atoms with Gasteiger partial charge in [0, 0.05) is 11.5 Å². The summed E-state index contributed by atoms with van der Waals surface area (Å²) in [6, 6.07) is 21.0. The smallest absolute Gasteiger partial charge is 0.330 e. The Bertz CT molecular complexity index is 918. The van der Waals surface area contributed by atoms with Gasteiger partial charge in [-0.05, 0) is 72.5 Å². The molecule has 0 saturated heterocycles. The Labute approximate surface area is 174 Å². The molecule has 4 fully saturated rings. The van der Waals surface area contributed by atoms with Crippen molar-refractivity contribution in [2.75, 3.05) is 6.61 Å². The van der Waals surface area contributed by atoms with Crippen molar-refractivity contribution in [2.45, 2.75) is 50.9 Å². The van der Waals surface area contributed by atoms with Crippen LogP contribution in [0, 0.1) is 16.7 Å². The minimum absolute atomic E-state index is 0.139. The van der Waals surface area contributed by atoms with Gasteiger partial charge in [0.25, 0.3) is 0 Å². The Morgan fingerprint density at radius 1 is 0.966 bits per heavy atom. The number of ether oxygens (including phenoxy) is 1. The van der Waals surface area contributed by atoms with Gasteiger partial charge in [0.2, 0.25) is 0 Å². The first kappa shape index (κ1) is 18.7. The first-order valence-corrected chi connectivity index (χ1v) is 10.9. The minimum atomic E-state index is -0.219. The number of hydrogen-bond acceptors (Lipinski definition) is 2. The van der Waals surface area contributed by atoms with E-state index in [1.165, 1.54) is 37.7 Å². The Kier molecular flexibility index (Phi) is 4.42. The van der Waals surface area contributed by atoms with Gasteiger partial charge in [-0.25, -0.2) is 4.79 Å². The summed E-state index contributed by atoms with van der Waals surface area (Å²) in [6.45, 7) is 3.03. The Balaban J connectivity index is 1.34. The fourth-order valence-corrected chi connectivity index (χ4v) is 7.41. The molecule has 2 nitrogen and oxygen atoms in total. The Hall–Kier alpha value is -2.35. The molecular formula is C27H30O2. The third-order valence-corrected chi connectivity index (χ3v) is 7.58. The normalized spacial score (nSPS) is 35.1. The first-order chi connectivity index (χ1) is 14.0. The van der Waals surface area contributed by atoms with E-state index in [1.54, 1.807) is 6.08 Å². The SMILES string of the molecule is C[C@@]12C[C@@H]3C[C@@](COC(=O)/C=C/c4ccccc4)(C1)C[C@@](c1ccccc1)(C3)C2. The van der Waals surface area contributed by atoms with Gasteiger partial charge in [0.1, 0.15) is 0 Å². The fourth-order valence-electron chi connectivity index (χ4n) is 7.41. The van der Waals surface area contributed by atoms with Crippen LogP contribution in [0.3, 0.4) is 0 Å². The highest BCUT2D eigenvalue weighted by atomic mass is 16.5. The summed E-state index contributed by atoms with van der Waals surface area (Å²) < 4.78 is 5.85. The van der Waals surface area contributed by atoms with Gasteiger partial charge in [0.15, 0.2) is 0 Å². The summed E-state index contributed by atoms with van der Waals surface area (Å²) in [6.07, 6.45) is 10.9. The lowest BCUT2D eigenvalue weighted by Crippen LogP contribution is -2.59. The van der Waals surface area contributed by atoms with E-state index < -0.39 is 0 Å². The zero-order chi connectivity index (χ0) is 20.0. The molecule has 0 unspecified atom stereocenters. The van der Waals surface area contributed by atoms with Crippen LogP contribution in [0.1, 0.15) is 56.6 Å². The average molecular weight is 387 g/mol.